The Hall–Kier alpha value is -4.89. The average molecular weight is 504 g/mol. The quantitative estimate of drug-likeness (QED) is 0.227. The number of aromatic nitrogens is 3. The van der Waals surface area contributed by atoms with Crippen LogP contribution in [0.5, 0.6) is 0 Å². The van der Waals surface area contributed by atoms with E-state index in [0.29, 0.717) is 11.6 Å². The molecular formula is C36H29N3. The van der Waals surface area contributed by atoms with E-state index in [0.717, 1.165) is 39.2 Å². The van der Waals surface area contributed by atoms with Gasteiger partial charge < -0.3 is 0 Å². The molecule has 1 heterocycles. The Bertz CT molecular complexity index is 1710. The van der Waals surface area contributed by atoms with Crippen molar-refractivity contribution in [1.82, 2.24) is 15.0 Å². The summed E-state index contributed by atoms with van der Waals surface area (Å²) in [5.74, 6) is 2.32. The average Bonchev–Trinajstić information content (AvgIpc) is 3.02. The van der Waals surface area contributed by atoms with Gasteiger partial charge in [-0.15, -0.1) is 0 Å². The van der Waals surface area contributed by atoms with Gasteiger partial charge in [0.05, 0.1) is 0 Å². The molecule has 0 radical (unpaired) electrons. The van der Waals surface area contributed by atoms with Gasteiger partial charge in [-0.1, -0.05) is 129 Å². The smallest absolute Gasteiger partial charge is 0.164 e. The van der Waals surface area contributed by atoms with Crippen LogP contribution in [-0.4, -0.2) is 15.0 Å². The largest absolute Gasteiger partial charge is 0.213 e. The summed E-state index contributed by atoms with van der Waals surface area (Å²) in [6, 6.07) is 46.3. The van der Waals surface area contributed by atoms with E-state index in [2.05, 4.69) is 129 Å². The van der Waals surface area contributed by atoms with Crippen LogP contribution >= 0.6 is 0 Å². The van der Waals surface area contributed by atoms with Gasteiger partial charge in [-0.3, -0.25) is 0 Å². The number of hydrogen-bond donors (Lipinski definition) is 0. The fourth-order valence-corrected chi connectivity index (χ4v) is 4.77. The van der Waals surface area contributed by atoms with E-state index < -0.39 is 0 Å². The zero-order valence-corrected chi connectivity index (χ0v) is 22.1. The monoisotopic (exact) mass is 503 g/mol. The van der Waals surface area contributed by atoms with Crippen molar-refractivity contribution in [2.45, 2.75) is 19.8 Å². The molecule has 0 bridgehead atoms. The summed E-state index contributed by atoms with van der Waals surface area (Å²) >= 11 is 0. The van der Waals surface area contributed by atoms with Crippen molar-refractivity contribution in [2.24, 2.45) is 0 Å². The highest BCUT2D eigenvalue weighted by molar-refractivity contribution is 5.85. The highest BCUT2D eigenvalue weighted by Gasteiger charge is 2.17. The normalized spacial score (nSPS) is 11.1. The summed E-state index contributed by atoms with van der Waals surface area (Å²) in [6.07, 6.45) is 0. The Labute approximate surface area is 229 Å². The van der Waals surface area contributed by atoms with E-state index in [9.17, 15) is 0 Å². The summed E-state index contributed by atoms with van der Waals surface area (Å²) in [6.45, 7) is 4.25. The van der Waals surface area contributed by atoms with Crippen molar-refractivity contribution >= 4 is 0 Å². The lowest BCUT2D eigenvalue weighted by molar-refractivity contribution is 0.766. The second kappa shape index (κ2) is 10.8. The topological polar surface area (TPSA) is 38.7 Å². The van der Waals surface area contributed by atoms with Gasteiger partial charge in [-0.05, 0) is 51.6 Å². The maximum atomic E-state index is 5.06. The lowest BCUT2D eigenvalue weighted by Gasteiger charge is -2.15. The van der Waals surface area contributed by atoms with Crippen LogP contribution < -0.4 is 0 Å². The molecule has 0 aliphatic rings. The second-order valence-electron chi connectivity index (χ2n) is 9.93. The molecule has 0 saturated heterocycles. The molecule has 0 N–H and O–H groups in total. The number of hydrogen-bond acceptors (Lipinski definition) is 3. The Morgan fingerprint density at radius 1 is 0.385 bits per heavy atom. The third kappa shape index (κ3) is 5.25. The molecule has 0 fully saturated rings. The standard InChI is InChI=1S/C36H29N3/c1-25(2)34-37-35(31-20-12-19-29(23-31)26-13-6-3-7-14-26)39-36(38-34)32-22-21-30(27-15-8-4-9-16-27)24-33(32)28-17-10-5-11-18-28/h3-25H,1-2H3. The van der Waals surface area contributed by atoms with Gasteiger partial charge >= 0.3 is 0 Å². The van der Waals surface area contributed by atoms with Gasteiger partial charge in [-0.25, -0.2) is 15.0 Å². The molecule has 5 aromatic carbocycles. The third-order valence-corrected chi connectivity index (χ3v) is 6.85. The highest BCUT2D eigenvalue weighted by atomic mass is 15.0. The van der Waals surface area contributed by atoms with Gasteiger partial charge in [0.2, 0.25) is 0 Å². The zero-order valence-electron chi connectivity index (χ0n) is 22.1. The minimum Gasteiger partial charge on any atom is -0.213 e. The van der Waals surface area contributed by atoms with Crippen LogP contribution in [0.1, 0.15) is 25.6 Å². The van der Waals surface area contributed by atoms with E-state index >= 15 is 0 Å². The molecule has 39 heavy (non-hydrogen) atoms. The fraction of sp³-hybridized carbons (Fsp3) is 0.0833. The van der Waals surface area contributed by atoms with E-state index in [1.54, 1.807) is 0 Å². The first-order chi connectivity index (χ1) is 19.2. The van der Waals surface area contributed by atoms with Crippen molar-refractivity contribution in [3.05, 3.63) is 139 Å². The van der Waals surface area contributed by atoms with Crippen LogP contribution in [0, 0.1) is 0 Å². The molecule has 0 atom stereocenters. The predicted octanol–water partition coefficient (Wildman–Crippen LogP) is 9.33. The van der Waals surface area contributed by atoms with E-state index in [1.165, 1.54) is 11.1 Å². The van der Waals surface area contributed by atoms with Crippen LogP contribution in [0.25, 0.3) is 56.2 Å². The van der Waals surface area contributed by atoms with Crippen molar-refractivity contribution in [3.8, 4) is 56.2 Å². The molecule has 0 amide bonds. The molecule has 0 aliphatic heterocycles. The molecule has 0 unspecified atom stereocenters. The summed E-state index contributed by atoms with van der Waals surface area (Å²) in [5.41, 5.74) is 8.84. The van der Waals surface area contributed by atoms with Crippen molar-refractivity contribution in [3.63, 3.8) is 0 Å². The summed E-state index contributed by atoms with van der Waals surface area (Å²) in [4.78, 5) is 14.9. The van der Waals surface area contributed by atoms with E-state index in [4.69, 9.17) is 15.0 Å². The predicted molar refractivity (Wildman–Crippen MR) is 161 cm³/mol. The number of benzene rings is 5. The van der Waals surface area contributed by atoms with Crippen LogP contribution in [0.2, 0.25) is 0 Å². The lowest BCUT2D eigenvalue weighted by atomic mass is 9.94. The molecule has 0 saturated carbocycles. The molecule has 188 valence electrons. The molecule has 0 aliphatic carbocycles. The first-order valence-corrected chi connectivity index (χ1v) is 13.3. The minimum atomic E-state index is 0.159. The number of nitrogens with zero attached hydrogens (tertiary/aromatic N) is 3. The van der Waals surface area contributed by atoms with Crippen LogP contribution in [0.15, 0.2) is 133 Å². The maximum absolute atomic E-state index is 5.06. The third-order valence-electron chi connectivity index (χ3n) is 6.85. The minimum absolute atomic E-state index is 0.159. The lowest BCUT2D eigenvalue weighted by Crippen LogP contribution is -2.05. The maximum Gasteiger partial charge on any atom is 0.164 e. The van der Waals surface area contributed by atoms with Crippen molar-refractivity contribution < 1.29 is 0 Å². The first kappa shape index (κ1) is 24.4. The van der Waals surface area contributed by atoms with Crippen LogP contribution in [-0.2, 0) is 0 Å². The zero-order chi connectivity index (χ0) is 26.6. The summed E-state index contributed by atoms with van der Waals surface area (Å²) in [7, 11) is 0. The van der Waals surface area contributed by atoms with Gasteiger partial charge in [0.15, 0.2) is 11.6 Å². The Morgan fingerprint density at radius 3 is 1.51 bits per heavy atom. The van der Waals surface area contributed by atoms with Gasteiger partial charge in [0.1, 0.15) is 5.82 Å². The Morgan fingerprint density at radius 2 is 0.897 bits per heavy atom. The molecular weight excluding hydrogens is 474 g/mol. The molecule has 1 aromatic heterocycles. The molecule has 3 nitrogen and oxygen atoms in total. The second-order valence-corrected chi connectivity index (χ2v) is 9.93. The summed E-state index contributed by atoms with van der Waals surface area (Å²) in [5, 5.41) is 0. The number of rotatable bonds is 6. The van der Waals surface area contributed by atoms with Crippen molar-refractivity contribution in [1.29, 1.82) is 0 Å². The van der Waals surface area contributed by atoms with E-state index in [-0.39, 0.29) is 5.92 Å². The Kier molecular flexibility index (Phi) is 6.80. The van der Waals surface area contributed by atoms with Gasteiger partial charge in [-0.2, -0.15) is 0 Å². The Balaban J connectivity index is 1.52. The molecule has 0 spiro atoms. The van der Waals surface area contributed by atoms with Gasteiger partial charge in [0, 0.05) is 17.0 Å². The molecule has 6 aromatic rings. The van der Waals surface area contributed by atoms with Crippen LogP contribution in [0.4, 0.5) is 0 Å². The summed E-state index contributed by atoms with van der Waals surface area (Å²) < 4.78 is 0. The highest BCUT2D eigenvalue weighted by Crippen LogP contribution is 2.35. The SMILES string of the molecule is CC(C)c1nc(-c2cccc(-c3ccccc3)c2)nc(-c2ccc(-c3ccccc3)cc2-c2ccccc2)n1. The fourth-order valence-electron chi connectivity index (χ4n) is 4.77. The van der Waals surface area contributed by atoms with E-state index in [1.807, 2.05) is 18.2 Å². The van der Waals surface area contributed by atoms with Crippen LogP contribution in [0.3, 0.4) is 0 Å². The van der Waals surface area contributed by atoms with Gasteiger partial charge in [0.25, 0.3) is 0 Å². The van der Waals surface area contributed by atoms with Crippen molar-refractivity contribution in [2.75, 3.05) is 0 Å². The molecule has 6 rings (SSSR count). The first-order valence-electron chi connectivity index (χ1n) is 13.3. The molecule has 3 heteroatoms.